The van der Waals surface area contributed by atoms with Gasteiger partial charge in [-0.25, -0.2) is 9.37 Å². The van der Waals surface area contributed by atoms with Crippen LogP contribution in [0.3, 0.4) is 0 Å². The van der Waals surface area contributed by atoms with E-state index in [-0.39, 0.29) is 5.69 Å². The van der Waals surface area contributed by atoms with Crippen molar-refractivity contribution in [1.82, 2.24) is 9.38 Å². The molecule has 0 saturated carbocycles. The lowest BCUT2D eigenvalue weighted by Crippen LogP contribution is -1.85. The number of nitrogens with zero attached hydrogens (tertiary/aromatic N) is 4. The van der Waals surface area contributed by atoms with Crippen molar-refractivity contribution in [3.63, 3.8) is 0 Å². The molecule has 4 rings (SSSR count). The Morgan fingerprint density at radius 1 is 0.885 bits per heavy atom. The third kappa shape index (κ3) is 2.88. The van der Waals surface area contributed by atoms with Crippen LogP contribution in [0.1, 0.15) is 11.1 Å². The Hall–Kier alpha value is -3.34. The first-order valence-corrected chi connectivity index (χ1v) is 8.34. The van der Waals surface area contributed by atoms with E-state index in [4.69, 9.17) is 4.98 Å². The van der Waals surface area contributed by atoms with Crippen molar-refractivity contribution in [2.75, 3.05) is 0 Å². The van der Waals surface area contributed by atoms with Gasteiger partial charge >= 0.3 is 0 Å². The average molecular weight is 344 g/mol. The van der Waals surface area contributed by atoms with Gasteiger partial charge in [-0.3, -0.25) is 4.40 Å². The predicted molar refractivity (Wildman–Crippen MR) is 101 cm³/mol. The maximum Gasteiger partial charge on any atom is 0.187 e. The van der Waals surface area contributed by atoms with Crippen molar-refractivity contribution in [1.29, 1.82) is 0 Å². The molecule has 0 radical (unpaired) electrons. The number of aryl methyl sites for hydroxylation is 2. The molecule has 0 spiro atoms. The zero-order valence-corrected chi connectivity index (χ0v) is 14.5. The second-order valence-electron chi connectivity index (χ2n) is 6.16. The molecular weight excluding hydrogens is 327 g/mol. The summed E-state index contributed by atoms with van der Waals surface area (Å²) in [4.78, 5) is 4.70. The number of fused-ring (bicyclic) bond motifs is 1. The van der Waals surface area contributed by atoms with Crippen LogP contribution in [0.4, 0.5) is 15.9 Å². The van der Waals surface area contributed by atoms with Crippen molar-refractivity contribution in [2.24, 2.45) is 10.2 Å². The Balaban J connectivity index is 1.89. The number of azo groups is 1. The number of benzene rings is 2. The lowest BCUT2D eigenvalue weighted by molar-refractivity contribution is 0.628. The average Bonchev–Trinajstić information content (AvgIpc) is 3.02. The van der Waals surface area contributed by atoms with Crippen molar-refractivity contribution < 1.29 is 4.39 Å². The molecule has 0 fully saturated rings. The van der Waals surface area contributed by atoms with Gasteiger partial charge in [0.25, 0.3) is 0 Å². The van der Waals surface area contributed by atoms with Gasteiger partial charge in [-0.1, -0.05) is 30.3 Å². The zero-order chi connectivity index (χ0) is 18.1. The van der Waals surface area contributed by atoms with Crippen molar-refractivity contribution in [3.8, 4) is 11.3 Å². The Morgan fingerprint density at radius 2 is 1.69 bits per heavy atom. The fourth-order valence-electron chi connectivity index (χ4n) is 2.79. The molecule has 2 aromatic heterocycles. The Bertz CT molecular complexity index is 1130. The largest absolute Gasteiger partial charge is 0.283 e. The number of rotatable bonds is 3. The lowest BCUT2D eigenvalue weighted by Gasteiger charge is -2.04. The number of halogens is 1. The minimum atomic E-state index is -0.405. The zero-order valence-electron chi connectivity index (χ0n) is 14.5. The monoisotopic (exact) mass is 344 g/mol. The SMILES string of the molecule is Cc1ccc(-c2nc3ccccn3c2N=Nc2ccccc2F)cc1C. The molecule has 0 saturated heterocycles. The summed E-state index contributed by atoms with van der Waals surface area (Å²) in [5, 5.41) is 8.45. The lowest BCUT2D eigenvalue weighted by atomic mass is 10.0. The molecule has 0 aliphatic carbocycles. The summed E-state index contributed by atoms with van der Waals surface area (Å²) >= 11 is 0. The van der Waals surface area contributed by atoms with Gasteiger partial charge in [-0.05, 0) is 55.3 Å². The molecule has 0 bridgehead atoms. The van der Waals surface area contributed by atoms with Crippen LogP contribution in [0.25, 0.3) is 16.9 Å². The first-order chi connectivity index (χ1) is 12.6. The van der Waals surface area contributed by atoms with E-state index in [1.54, 1.807) is 18.2 Å². The van der Waals surface area contributed by atoms with Crippen LogP contribution in [0.15, 0.2) is 77.1 Å². The third-order valence-corrected chi connectivity index (χ3v) is 4.39. The minimum Gasteiger partial charge on any atom is -0.283 e. The Labute approximate surface area is 150 Å². The topological polar surface area (TPSA) is 42.0 Å². The highest BCUT2D eigenvalue weighted by Gasteiger charge is 2.14. The van der Waals surface area contributed by atoms with Gasteiger partial charge in [-0.15, -0.1) is 10.2 Å². The molecule has 128 valence electrons. The molecule has 4 aromatic rings. The molecule has 26 heavy (non-hydrogen) atoms. The van der Waals surface area contributed by atoms with E-state index in [2.05, 4.69) is 36.2 Å². The highest BCUT2D eigenvalue weighted by molar-refractivity contribution is 5.75. The Kier molecular flexibility index (Phi) is 4.05. The van der Waals surface area contributed by atoms with E-state index in [1.165, 1.54) is 17.2 Å². The van der Waals surface area contributed by atoms with Crippen LogP contribution >= 0.6 is 0 Å². The molecule has 5 heteroatoms. The molecule has 2 aromatic carbocycles. The second kappa shape index (κ2) is 6.52. The third-order valence-electron chi connectivity index (χ3n) is 4.39. The number of hydrogen-bond donors (Lipinski definition) is 0. The molecule has 0 aliphatic rings. The van der Waals surface area contributed by atoms with Crippen molar-refractivity contribution in [2.45, 2.75) is 13.8 Å². The molecule has 0 N–H and O–H groups in total. The summed E-state index contributed by atoms with van der Waals surface area (Å²) in [7, 11) is 0. The molecular formula is C21H17FN4. The summed E-state index contributed by atoms with van der Waals surface area (Å²) in [5.41, 5.74) is 5.04. The number of pyridine rings is 1. The second-order valence-corrected chi connectivity index (χ2v) is 6.16. The van der Waals surface area contributed by atoms with E-state index < -0.39 is 5.82 Å². The predicted octanol–water partition coefficient (Wildman–Crippen LogP) is 6.17. The summed E-state index contributed by atoms with van der Waals surface area (Å²) in [6.07, 6.45) is 1.88. The highest BCUT2D eigenvalue weighted by Crippen LogP contribution is 2.33. The quantitative estimate of drug-likeness (QED) is 0.410. The highest BCUT2D eigenvalue weighted by atomic mass is 19.1. The van der Waals surface area contributed by atoms with Gasteiger partial charge in [0.2, 0.25) is 0 Å². The van der Waals surface area contributed by atoms with E-state index in [9.17, 15) is 4.39 Å². The maximum absolute atomic E-state index is 13.9. The van der Waals surface area contributed by atoms with Gasteiger partial charge < -0.3 is 0 Å². The van der Waals surface area contributed by atoms with Gasteiger partial charge in [0.05, 0.1) is 0 Å². The first kappa shape index (κ1) is 16.1. The molecule has 0 unspecified atom stereocenters. The fourth-order valence-corrected chi connectivity index (χ4v) is 2.79. The fraction of sp³-hybridized carbons (Fsp3) is 0.0952. The first-order valence-electron chi connectivity index (χ1n) is 8.34. The van der Waals surface area contributed by atoms with Crippen LogP contribution in [-0.2, 0) is 0 Å². The van der Waals surface area contributed by atoms with Gasteiger partial charge in [0.15, 0.2) is 11.6 Å². The maximum atomic E-state index is 13.9. The van der Waals surface area contributed by atoms with E-state index in [0.717, 1.165) is 16.9 Å². The van der Waals surface area contributed by atoms with E-state index in [0.29, 0.717) is 5.82 Å². The van der Waals surface area contributed by atoms with E-state index >= 15 is 0 Å². The van der Waals surface area contributed by atoms with Crippen LogP contribution in [0.2, 0.25) is 0 Å². The van der Waals surface area contributed by atoms with Crippen molar-refractivity contribution >= 4 is 17.2 Å². The van der Waals surface area contributed by atoms with Crippen LogP contribution in [-0.4, -0.2) is 9.38 Å². The molecule has 0 amide bonds. The van der Waals surface area contributed by atoms with Crippen LogP contribution < -0.4 is 0 Å². The van der Waals surface area contributed by atoms with Gasteiger partial charge in [0.1, 0.15) is 17.0 Å². The summed E-state index contributed by atoms with van der Waals surface area (Å²) < 4.78 is 15.7. The van der Waals surface area contributed by atoms with Crippen LogP contribution in [0, 0.1) is 19.7 Å². The normalized spacial score (nSPS) is 11.5. The molecule has 0 aliphatic heterocycles. The molecule has 0 atom stereocenters. The molecule has 4 nitrogen and oxygen atoms in total. The summed E-state index contributed by atoms with van der Waals surface area (Å²) in [6.45, 7) is 4.14. The van der Waals surface area contributed by atoms with Gasteiger partial charge in [-0.2, -0.15) is 0 Å². The number of aromatic nitrogens is 2. The molecule has 2 heterocycles. The Morgan fingerprint density at radius 3 is 2.50 bits per heavy atom. The van der Waals surface area contributed by atoms with Crippen molar-refractivity contribution in [3.05, 3.63) is 83.8 Å². The standard InChI is InChI=1S/C21H17FN4/c1-14-10-11-16(13-15(14)2)20-21(26-12-6-5-9-19(26)23-20)25-24-18-8-4-3-7-17(18)22/h3-13H,1-2H3. The summed E-state index contributed by atoms with van der Waals surface area (Å²) in [6, 6.07) is 18.2. The minimum absolute atomic E-state index is 0.199. The number of imidazole rings is 1. The number of hydrogen-bond acceptors (Lipinski definition) is 3. The van der Waals surface area contributed by atoms with Crippen LogP contribution in [0.5, 0.6) is 0 Å². The summed E-state index contributed by atoms with van der Waals surface area (Å²) in [5.74, 6) is 0.171. The van der Waals surface area contributed by atoms with Gasteiger partial charge in [0, 0.05) is 11.8 Å². The van der Waals surface area contributed by atoms with E-state index in [1.807, 2.05) is 34.9 Å². The smallest absolute Gasteiger partial charge is 0.187 e.